The zero-order valence-electron chi connectivity index (χ0n) is 34.0. The third-order valence-electron chi connectivity index (χ3n) is 10.1. The predicted molar refractivity (Wildman–Crippen MR) is 218 cm³/mol. The van der Waals surface area contributed by atoms with Gasteiger partial charge in [-0.15, -0.1) is 0 Å². The molecule has 0 aliphatic carbocycles. The second kappa shape index (κ2) is 20.8. The largest absolute Gasteiger partial charge is 0.457 e. The number of rotatable bonds is 19. The molecule has 12 heteroatoms. The Hall–Kier alpha value is -3.71. The van der Waals surface area contributed by atoms with Crippen LogP contribution < -0.4 is 20.2 Å². The van der Waals surface area contributed by atoms with Gasteiger partial charge in [0, 0.05) is 31.2 Å². The van der Waals surface area contributed by atoms with Crippen LogP contribution >= 0.6 is 10.3 Å². The van der Waals surface area contributed by atoms with Gasteiger partial charge in [0.15, 0.2) is 0 Å². The molecule has 2 aromatic carbocycles. The second-order valence-electron chi connectivity index (χ2n) is 15.7. The van der Waals surface area contributed by atoms with Gasteiger partial charge >= 0.3 is 5.97 Å². The molecule has 2 amide bonds. The number of methoxy groups -OCH3 is 1. The van der Waals surface area contributed by atoms with Crippen LogP contribution in [0.5, 0.6) is 5.75 Å². The van der Waals surface area contributed by atoms with E-state index in [1.807, 2.05) is 81.5 Å². The molecule has 1 heterocycles. The van der Waals surface area contributed by atoms with Crippen LogP contribution in [0.4, 0.5) is 0 Å². The summed E-state index contributed by atoms with van der Waals surface area (Å²) in [7, 11) is 1.89. The monoisotopic (exact) mass is 768 g/mol. The Bertz CT molecular complexity index is 1570. The first-order chi connectivity index (χ1) is 25.5. The van der Waals surface area contributed by atoms with Crippen molar-refractivity contribution in [2.75, 3.05) is 33.2 Å². The number of esters is 1. The summed E-state index contributed by atoms with van der Waals surface area (Å²) in [6.45, 7) is 12.6. The lowest BCUT2D eigenvalue weighted by Crippen LogP contribution is -2.61. The standard InChI is InChI=1S/C42H64N4O7S/c1-29(2)38(43-7)39(48)44-37(28-32-18-14-21-35(27-32)53-54(9,10)42(4,5)6)40(49)46-24-15-22-36(45-46)41(50)52-30(3)33-19-13-17-31(26-33)16-11-12-20-34(51-8)23-25-47/h11,13-14,16-19,21,25-27,29-30,34,36-38,43,45H,12,15,20,22-24,28H2,1-10H3,(H,44,48)/b16-11+/t30-,34?,36?,37?,38?/m1/s1. The number of nitrogens with zero attached hydrogens (tertiary/aromatic N) is 1. The Kier molecular flexibility index (Phi) is 17.2. The number of amides is 2. The molecule has 1 aliphatic heterocycles. The minimum Gasteiger partial charge on any atom is -0.457 e. The van der Waals surface area contributed by atoms with E-state index in [-0.39, 0.29) is 35.0 Å². The van der Waals surface area contributed by atoms with Gasteiger partial charge in [0.05, 0.1) is 12.1 Å². The van der Waals surface area contributed by atoms with Crippen LogP contribution in [0.25, 0.3) is 6.08 Å². The lowest BCUT2D eigenvalue weighted by atomic mass is 10.0. The van der Waals surface area contributed by atoms with Gasteiger partial charge in [-0.1, -0.05) is 66.6 Å². The van der Waals surface area contributed by atoms with Crippen molar-refractivity contribution in [2.24, 2.45) is 5.92 Å². The number of hydrazine groups is 1. The molecule has 54 heavy (non-hydrogen) atoms. The highest BCUT2D eigenvalue weighted by Gasteiger charge is 2.35. The van der Waals surface area contributed by atoms with Crippen molar-refractivity contribution >= 4 is 40.5 Å². The van der Waals surface area contributed by atoms with Gasteiger partial charge in [-0.05, 0) is 114 Å². The first-order valence-electron chi connectivity index (χ1n) is 19.0. The highest BCUT2D eigenvalue weighted by molar-refractivity contribution is 8.30. The van der Waals surface area contributed by atoms with Crippen LogP contribution in [0.15, 0.2) is 54.6 Å². The van der Waals surface area contributed by atoms with E-state index in [1.54, 1.807) is 14.2 Å². The number of nitrogens with one attached hydrogen (secondary N) is 3. The Morgan fingerprint density at radius 3 is 2.44 bits per heavy atom. The zero-order valence-corrected chi connectivity index (χ0v) is 34.8. The molecule has 0 bridgehead atoms. The fourth-order valence-corrected chi connectivity index (χ4v) is 6.87. The number of aldehydes is 1. The van der Waals surface area contributed by atoms with E-state index in [2.05, 4.69) is 49.3 Å². The molecule has 300 valence electrons. The summed E-state index contributed by atoms with van der Waals surface area (Å²) in [6.07, 6.45) is 11.8. The van der Waals surface area contributed by atoms with Crippen molar-refractivity contribution < 1.29 is 32.8 Å². The van der Waals surface area contributed by atoms with Gasteiger partial charge in [-0.2, -0.15) is 0 Å². The van der Waals surface area contributed by atoms with Crippen molar-refractivity contribution in [3.63, 3.8) is 0 Å². The molecule has 0 spiro atoms. The molecule has 5 atom stereocenters. The first kappa shape index (κ1) is 44.7. The lowest BCUT2D eigenvalue weighted by Gasteiger charge is -2.43. The van der Waals surface area contributed by atoms with Crippen molar-refractivity contribution in [1.29, 1.82) is 0 Å². The normalized spacial score (nSPS) is 17.8. The Morgan fingerprint density at radius 1 is 1.07 bits per heavy atom. The highest BCUT2D eigenvalue weighted by atomic mass is 32.3. The number of likely N-dealkylation sites (N-methyl/N-ethyl adjacent to an activating group) is 1. The molecule has 1 fully saturated rings. The summed E-state index contributed by atoms with van der Waals surface area (Å²) < 4.78 is 17.7. The Labute approximate surface area is 324 Å². The van der Waals surface area contributed by atoms with E-state index in [9.17, 15) is 19.2 Å². The summed E-state index contributed by atoms with van der Waals surface area (Å²) in [5.74, 6) is -0.337. The number of hydrogen-bond acceptors (Lipinski definition) is 9. The molecule has 11 nitrogen and oxygen atoms in total. The highest BCUT2D eigenvalue weighted by Crippen LogP contribution is 2.53. The van der Waals surface area contributed by atoms with E-state index in [4.69, 9.17) is 13.7 Å². The molecule has 4 unspecified atom stereocenters. The number of carbonyl (C=O) groups is 4. The van der Waals surface area contributed by atoms with Crippen LogP contribution in [-0.2, 0) is 35.1 Å². The quantitative estimate of drug-likeness (QED) is 0.111. The maximum atomic E-state index is 14.2. The zero-order chi connectivity index (χ0) is 40.1. The average Bonchev–Trinajstić information content (AvgIpc) is 3.12. The minimum atomic E-state index is -1.45. The van der Waals surface area contributed by atoms with Gasteiger partial charge < -0.3 is 29.1 Å². The van der Waals surface area contributed by atoms with Crippen LogP contribution in [0.1, 0.15) is 96.4 Å². The third kappa shape index (κ3) is 13.2. The van der Waals surface area contributed by atoms with Crippen molar-refractivity contribution in [3.05, 3.63) is 71.3 Å². The van der Waals surface area contributed by atoms with Crippen molar-refractivity contribution in [3.8, 4) is 5.75 Å². The van der Waals surface area contributed by atoms with Gasteiger partial charge in [-0.25, -0.2) is 5.43 Å². The number of hydrogen-bond donors (Lipinski definition) is 3. The summed E-state index contributed by atoms with van der Waals surface area (Å²) in [5.41, 5.74) is 5.78. The first-order valence-corrected chi connectivity index (χ1v) is 21.4. The number of benzene rings is 2. The molecular formula is C42H64N4O7S. The summed E-state index contributed by atoms with van der Waals surface area (Å²) in [5, 5.41) is 7.54. The van der Waals surface area contributed by atoms with E-state index >= 15 is 0 Å². The van der Waals surface area contributed by atoms with E-state index in [0.29, 0.717) is 25.8 Å². The molecule has 3 N–H and O–H groups in total. The summed E-state index contributed by atoms with van der Waals surface area (Å²) in [6, 6.07) is 13.4. The molecule has 1 saturated heterocycles. The van der Waals surface area contributed by atoms with Crippen LogP contribution in [0, 0.1) is 5.92 Å². The predicted octanol–water partition coefficient (Wildman–Crippen LogP) is 6.31. The molecule has 0 aromatic heterocycles. The fourth-order valence-electron chi connectivity index (χ4n) is 6.04. The molecule has 0 radical (unpaired) electrons. The number of carbonyl (C=O) groups excluding carboxylic acids is 4. The Morgan fingerprint density at radius 2 is 1.80 bits per heavy atom. The average molecular weight is 769 g/mol. The van der Waals surface area contributed by atoms with Gasteiger partial charge in [-0.3, -0.25) is 19.4 Å². The number of ether oxygens (including phenoxy) is 2. The van der Waals surface area contributed by atoms with E-state index in [1.165, 1.54) is 5.01 Å². The topological polar surface area (TPSA) is 135 Å². The lowest BCUT2D eigenvalue weighted by molar-refractivity contribution is -0.157. The smallest absolute Gasteiger partial charge is 0.325 e. The number of allylic oxidation sites excluding steroid dienone is 1. The van der Waals surface area contributed by atoms with Crippen molar-refractivity contribution in [1.82, 2.24) is 21.1 Å². The molecule has 2 aromatic rings. The van der Waals surface area contributed by atoms with Crippen LogP contribution in [-0.4, -0.2) is 91.3 Å². The molecular weight excluding hydrogens is 705 g/mol. The van der Waals surface area contributed by atoms with E-state index in [0.717, 1.165) is 41.6 Å². The Balaban J connectivity index is 1.73. The summed E-state index contributed by atoms with van der Waals surface area (Å²) in [4.78, 5) is 52.0. The second-order valence-corrected chi connectivity index (χ2v) is 19.5. The fraction of sp³-hybridized carbons (Fsp3) is 0.571. The van der Waals surface area contributed by atoms with Gasteiger partial charge in [0.1, 0.15) is 30.2 Å². The van der Waals surface area contributed by atoms with Crippen LogP contribution in [0.3, 0.4) is 0 Å². The maximum Gasteiger partial charge on any atom is 0.325 e. The van der Waals surface area contributed by atoms with Gasteiger partial charge in [0.2, 0.25) is 5.91 Å². The molecule has 0 saturated carbocycles. The summed E-state index contributed by atoms with van der Waals surface area (Å²) >= 11 is 0. The van der Waals surface area contributed by atoms with Crippen LogP contribution in [0.2, 0.25) is 0 Å². The van der Waals surface area contributed by atoms with Gasteiger partial charge in [0.25, 0.3) is 5.91 Å². The molecule has 1 aliphatic rings. The third-order valence-corrected chi connectivity index (χ3v) is 13.6. The SMILES string of the molecule is CNC(C(=O)NC(Cc1cccc(OS(C)(C)C(C)(C)C)c1)C(=O)N1CCCC(C(=O)O[C@H](C)c2cccc(/C=C/CCC(CC=O)OC)c2)N1)C(C)C. The molecule has 3 rings (SSSR count). The van der Waals surface area contributed by atoms with E-state index < -0.39 is 40.5 Å². The maximum absolute atomic E-state index is 14.2. The van der Waals surface area contributed by atoms with Crippen molar-refractivity contribution in [2.45, 2.75) is 115 Å². The minimum absolute atomic E-state index is 0.000986.